The molecular weight excluding hydrogens is 714 g/mol. The molecule has 1 unspecified atom stereocenters. The third-order valence-electron chi connectivity index (χ3n) is 7.92. The Hall–Kier alpha value is -4.83. The number of imide groups is 1. The summed E-state index contributed by atoms with van der Waals surface area (Å²) in [6.07, 6.45) is -7.89. The van der Waals surface area contributed by atoms with Gasteiger partial charge in [0, 0.05) is 10.6 Å². The minimum absolute atomic E-state index is 0.0507. The van der Waals surface area contributed by atoms with Gasteiger partial charge in [-0.05, 0) is 69.3 Å². The van der Waals surface area contributed by atoms with E-state index < -0.39 is 54.5 Å². The average Bonchev–Trinajstić information content (AvgIpc) is 3.70. The largest absolute Gasteiger partial charge is 0.416 e. The summed E-state index contributed by atoms with van der Waals surface area (Å²) < 4.78 is 49.3. The Balaban J connectivity index is 1.48. The van der Waals surface area contributed by atoms with E-state index in [9.17, 15) is 32.7 Å². The van der Waals surface area contributed by atoms with Crippen molar-refractivity contribution in [2.75, 3.05) is 6.61 Å². The Morgan fingerprint density at radius 1 is 0.863 bits per heavy atom. The molecule has 51 heavy (non-hydrogen) atoms. The van der Waals surface area contributed by atoms with Crippen LogP contribution in [0, 0.1) is 0 Å². The number of fused-ring (bicyclic) bond motifs is 1. The number of amides is 2. The second kappa shape index (κ2) is 13.7. The van der Waals surface area contributed by atoms with Crippen molar-refractivity contribution in [2.24, 2.45) is 0 Å². The fourth-order valence-corrected chi connectivity index (χ4v) is 5.81. The van der Waals surface area contributed by atoms with Gasteiger partial charge in [0.2, 0.25) is 0 Å². The summed E-state index contributed by atoms with van der Waals surface area (Å²) in [4.78, 5) is 46.9. The molecule has 2 aromatic heterocycles. The number of aliphatic hydroxyl groups excluding tert-OH is 1. The lowest BCUT2D eigenvalue weighted by atomic mass is 10.1. The number of aromatic nitrogens is 6. The minimum atomic E-state index is -5.02. The monoisotopic (exact) mass is 743 g/mol. The van der Waals surface area contributed by atoms with Crippen LogP contribution in [-0.2, 0) is 17.8 Å². The smallest absolute Gasteiger partial charge is 0.382 e. The first kappa shape index (κ1) is 36.0. The van der Waals surface area contributed by atoms with E-state index in [1.165, 1.54) is 41.1 Å². The summed E-state index contributed by atoms with van der Waals surface area (Å²) in [7, 11) is 0. The summed E-state index contributed by atoms with van der Waals surface area (Å²) >= 11 is 12.6. The van der Waals surface area contributed by atoms with Crippen molar-refractivity contribution in [3.8, 4) is 17.1 Å². The SMILES string of the molecule is CC(C)(C)OCC(c1nc(Cn2nc(-c3ccc(Cl)cc3)n(C[C@H](O)C(F)(F)F)c2=O)nn1-c1ccccc1Cl)N1C(=O)c2ccccc2C1=O. The van der Waals surface area contributed by atoms with Gasteiger partial charge in [0.1, 0.15) is 12.6 Å². The maximum atomic E-state index is 13.8. The number of para-hydroxylation sites is 1. The molecule has 3 heterocycles. The van der Waals surface area contributed by atoms with Gasteiger partial charge >= 0.3 is 11.9 Å². The van der Waals surface area contributed by atoms with E-state index in [1.807, 2.05) is 0 Å². The Labute approximate surface area is 298 Å². The zero-order valence-electron chi connectivity index (χ0n) is 27.3. The van der Waals surface area contributed by atoms with E-state index in [4.69, 9.17) is 27.9 Å². The average molecular weight is 745 g/mol. The number of nitrogens with zero attached hydrogens (tertiary/aromatic N) is 7. The van der Waals surface area contributed by atoms with E-state index in [0.717, 1.165) is 9.58 Å². The van der Waals surface area contributed by atoms with Crippen molar-refractivity contribution < 1.29 is 32.6 Å². The molecule has 1 aliphatic rings. The predicted molar refractivity (Wildman–Crippen MR) is 180 cm³/mol. The zero-order chi connectivity index (χ0) is 36.8. The van der Waals surface area contributed by atoms with Crippen LogP contribution in [0.25, 0.3) is 17.1 Å². The van der Waals surface area contributed by atoms with Gasteiger partial charge in [0.15, 0.2) is 23.6 Å². The van der Waals surface area contributed by atoms with E-state index in [1.54, 1.807) is 57.2 Å². The first-order valence-electron chi connectivity index (χ1n) is 15.5. The van der Waals surface area contributed by atoms with Crippen molar-refractivity contribution in [3.63, 3.8) is 0 Å². The van der Waals surface area contributed by atoms with Crippen molar-refractivity contribution >= 4 is 35.0 Å². The number of aliphatic hydroxyl groups is 1. The highest BCUT2D eigenvalue weighted by molar-refractivity contribution is 6.32. The lowest BCUT2D eigenvalue weighted by Crippen LogP contribution is -2.39. The van der Waals surface area contributed by atoms with E-state index in [-0.39, 0.29) is 45.8 Å². The van der Waals surface area contributed by atoms with Gasteiger partial charge < -0.3 is 9.84 Å². The molecule has 0 saturated heterocycles. The summed E-state index contributed by atoms with van der Waals surface area (Å²) in [6.45, 7) is 3.59. The van der Waals surface area contributed by atoms with Crippen LogP contribution in [0.15, 0.2) is 77.6 Å². The summed E-state index contributed by atoms with van der Waals surface area (Å²) in [5.41, 5.74) is -0.746. The highest BCUT2D eigenvalue weighted by Crippen LogP contribution is 2.34. The Kier molecular flexibility index (Phi) is 9.67. The second-order valence-electron chi connectivity index (χ2n) is 12.7. The van der Waals surface area contributed by atoms with Gasteiger partial charge in [-0.2, -0.15) is 13.2 Å². The fourth-order valence-electron chi connectivity index (χ4n) is 5.47. The molecule has 0 spiro atoms. The van der Waals surface area contributed by atoms with E-state index >= 15 is 0 Å². The maximum Gasteiger partial charge on any atom is 0.416 e. The number of carbonyl (C=O) groups excluding carboxylic acids is 2. The number of ether oxygens (including phenoxy) is 1. The lowest BCUT2D eigenvalue weighted by molar-refractivity contribution is -0.207. The number of benzene rings is 3. The van der Waals surface area contributed by atoms with Gasteiger partial charge in [0.05, 0.1) is 40.6 Å². The molecule has 3 aromatic carbocycles. The van der Waals surface area contributed by atoms with Crippen LogP contribution in [0.4, 0.5) is 13.2 Å². The molecule has 266 valence electrons. The molecule has 1 aliphatic heterocycles. The number of alkyl halides is 3. The molecule has 0 fully saturated rings. The van der Waals surface area contributed by atoms with Crippen LogP contribution in [0.5, 0.6) is 0 Å². The van der Waals surface area contributed by atoms with Gasteiger partial charge in [0.25, 0.3) is 11.8 Å². The zero-order valence-corrected chi connectivity index (χ0v) is 28.8. The fraction of sp³-hybridized carbons (Fsp3) is 0.294. The summed E-state index contributed by atoms with van der Waals surface area (Å²) in [5.74, 6) is -1.35. The Morgan fingerprint density at radius 3 is 2.06 bits per heavy atom. The van der Waals surface area contributed by atoms with Gasteiger partial charge in [-0.15, -0.1) is 10.2 Å². The molecule has 2 atom stereocenters. The van der Waals surface area contributed by atoms with Crippen molar-refractivity contribution in [1.29, 1.82) is 0 Å². The number of carbonyl (C=O) groups is 2. The Bertz CT molecular complexity index is 2140. The van der Waals surface area contributed by atoms with Gasteiger partial charge in [-0.1, -0.05) is 47.5 Å². The normalized spacial score (nSPS) is 14.6. The molecule has 1 N–H and O–H groups in total. The molecular formula is C34H30Cl2F3N7O5. The first-order chi connectivity index (χ1) is 24.0. The third kappa shape index (κ3) is 7.33. The molecule has 17 heteroatoms. The highest BCUT2D eigenvalue weighted by Gasteiger charge is 2.44. The second-order valence-corrected chi connectivity index (χ2v) is 13.5. The molecule has 6 rings (SSSR count). The van der Waals surface area contributed by atoms with Crippen LogP contribution in [0.2, 0.25) is 10.0 Å². The quantitative estimate of drug-likeness (QED) is 0.179. The Morgan fingerprint density at radius 2 is 1.47 bits per heavy atom. The molecule has 0 bridgehead atoms. The number of hydrogen-bond donors (Lipinski definition) is 1. The molecule has 2 amide bonds. The van der Waals surface area contributed by atoms with E-state index in [2.05, 4.69) is 15.2 Å². The number of halogens is 5. The van der Waals surface area contributed by atoms with Crippen LogP contribution in [0.1, 0.15) is 59.2 Å². The summed E-state index contributed by atoms with van der Waals surface area (Å²) in [6, 6.07) is 17.7. The first-order valence-corrected chi connectivity index (χ1v) is 16.3. The van der Waals surface area contributed by atoms with Gasteiger partial charge in [-0.3, -0.25) is 19.1 Å². The summed E-state index contributed by atoms with van der Waals surface area (Å²) in [5, 5.41) is 19.4. The number of rotatable bonds is 10. The van der Waals surface area contributed by atoms with Crippen molar-refractivity contribution in [3.05, 3.63) is 116 Å². The lowest BCUT2D eigenvalue weighted by Gasteiger charge is -2.29. The van der Waals surface area contributed by atoms with Gasteiger partial charge in [-0.25, -0.2) is 19.1 Å². The van der Waals surface area contributed by atoms with E-state index in [0.29, 0.717) is 15.3 Å². The van der Waals surface area contributed by atoms with Crippen LogP contribution >= 0.6 is 23.2 Å². The predicted octanol–water partition coefficient (Wildman–Crippen LogP) is 5.72. The molecule has 12 nitrogen and oxygen atoms in total. The topological polar surface area (TPSA) is 137 Å². The standard InChI is InChI=1S/C34H30Cl2F3N7O5/c1-33(2,3)51-18-25(45-30(48)21-8-4-5-9-22(21)31(45)49)29-40-27(41-46(29)24-11-7-6-10-23(24)36)17-44-32(50)43(16-26(47)34(37,38)39)28(42-44)19-12-14-20(35)15-13-19/h4-15,25-26,47H,16-18H2,1-3H3/t25?,26-/m0/s1. The van der Waals surface area contributed by atoms with Crippen LogP contribution in [0.3, 0.4) is 0 Å². The third-order valence-corrected chi connectivity index (χ3v) is 8.49. The molecule has 0 radical (unpaired) electrons. The minimum Gasteiger partial charge on any atom is -0.382 e. The molecule has 0 aliphatic carbocycles. The van der Waals surface area contributed by atoms with Crippen molar-refractivity contribution in [2.45, 2.75) is 57.8 Å². The van der Waals surface area contributed by atoms with Crippen molar-refractivity contribution in [1.82, 2.24) is 34.0 Å². The van der Waals surface area contributed by atoms with Crippen LogP contribution < -0.4 is 5.69 Å². The molecule has 0 saturated carbocycles. The van der Waals surface area contributed by atoms with Crippen LogP contribution in [-0.4, -0.2) is 75.4 Å². The molecule has 5 aromatic rings. The highest BCUT2D eigenvalue weighted by atomic mass is 35.5. The number of hydrogen-bond acceptors (Lipinski definition) is 8. The maximum absolute atomic E-state index is 13.8.